The Morgan fingerprint density at radius 2 is 1.68 bits per heavy atom. The van der Waals surface area contributed by atoms with Gasteiger partial charge in [-0.1, -0.05) is 30.3 Å². The van der Waals surface area contributed by atoms with Crippen molar-refractivity contribution in [2.45, 2.75) is 44.9 Å². The molecule has 0 bridgehead atoms. The SMILES string of the molecule is O=C(O)CCC1CCCN(C(=O)C2CCCN(C(=O)Cc3ccccc3)C2)C1. The molecule has 3 rings (SSSR count). The Hall–Kier alpha value is -2.37. The molecule has 0 aliphatic carbocycles. The quantitative estimate of drug-likeness (QED) is 0.815. The van der Waals surface area contributed by atoms with Crippen LogP contribution in [0.1, 0.15) is 44.1 Å². The second kappa shape index (κ2) is 9.71. The van der Waals surface area contributed by atoms with Crippen molar-refractivity contribution in [3.8, 4) is 0 Å². The van der Waals surface area contributed by atoms with E-state index in [2.05, 4.69) is 0 Å². The molecule has 152 valence electrons. The van der Waals surface area contributed by atoms with E-state index in [1.54, 1.807) is 0 Å². The average molecular weight is 386 g/mol. The van der Waals surface area contributed by atoms with Gasteiger partial charge in [0.1, 0.15) is 0 Å². The van der Waals surface area contributed by atoms with E-state index in [1.165, 1.54) is 0 Å². The molecule has 0 spiro atoms. The molecular formula is C22H30N2O4. The second-order valence-corrected chi connectivity index (χ2v) is 8.07. The number of carbonyl (C=O) groups excluding carboxylic acids is 2. The standard InChI is InChI=1S/C22H30N2O4/c25-20(14-17-6-2-1-3-7-17)23-12-5-9-19(16-23)22(28)24-13-4-8-18(15-24)10-11-21(26)27/h1-3,6-7,18-19H,4-5,8-16H2,(H,26,27). The molecule has 2 atom stereocenters. The van der Waals surface area contributed by atoms with Gasteiger partial charge in [0.15, 0.2) is 0 Å². The van der Waals surface area contributed by atoms with Gasteiger partial charge in [0.05, 0.1) is 12.3 Å². The number of hydrogen-bond acceptors (Lipinski definition) is 3. The van der Waals surface area contributed by atoms with Crippen molar-refractivity contribution in [3.05, 3.63) is 35.9 Å². The van der Waals surface area contributed by atoms with Gasteiger partial charge in [-0.15, -0.1) is 0 Å². The highest BCUT2D eigenvalue weighted by molar-refractivity contribution is 5.82. The summed E-state index contributed by atoms with van der Waals surface area (Å²) < 4.78 is 0. The van der Waals surface area contributed by atoms with E-state index < -0.39 is 5.97 Å². The summed E-state index contributed by atoms with van der Waals surface area (Å²) in [4.78, 5) is 40.3. The van der Waals surface area contributed by atoms with Crippen molar-refractivity contribution >= 4 is 17.8 Å². The summed E-state index contributed by atoms with van der Waals surface area (Å²) in [6, 6.07) is 9.71. The summed E-state index contributed by atoms with van der Waals surface area (Å²) in [5.41, 5.74) is 0.998. The van der Waals surface area contributed by atoms with Gasteiger partial charge in [0.25, 0.3) is 0 Å². The minimum Gasteiger partial charge on any atom is -0.481 e. The number of benzene rings is 1. The molecule has 2 aliphatic heterocycles. The molecule has 6 heteroatoms. The van der Waals surface area contributed by atoms with Crippen LogP contribution in [0.5, 0.6) is 0 Å². The number of carbonyl (C=O) groups is 3. The van der Waals surface area contributed by atoms with Gasteiger partial charge in [-0.25, -0.2) is 0 Å². The number of likely N-dealkylation sites (tertiary alicyclic amines) is 2. The molecule has 2 saturated heterocycles. The molecule has 0 aromatic heterocycles. The fourth-order valence-corrected chi connectivity index (χ4v) is 4.37. The monoisotopic (exact) mass is 386 g/mol. The highest BCUT2D eigenvalue weighted by Crippen LogP contribution is 2.25. The highest BCUT2D eigenvalue weighted by atomic mass is 16.4. The molecule has 28 heavy (non-hydrogen) atoms. The number of hydrogen-bond donors (Lipinski definition) is 1. The predicted molar refractivity (Wildman–Crippen MR) is 106 cm³/mol. The predicted octanol–water partition coefficient (Wildman–Crippen LogP) is 2.57. The van der Waals surface area contributed by atoms with Crippen LogP contribution in [-0.4, -0.2) is 58.9 Å². The van der Waals surface area contributed by atoms with E-state index in [0.29, 0.717) is 25.9 Å². The van der Waals surface area contributed by atoms with Crippen LogP contribution < -0.4 is 0 Å². The Labute approximate surface area is 166 Å². The largest absolute Gasteiger partial charge is 0.481 e. The molecule has 2 heterocycles. The first kappa shape index (κ1) is 20.4. The van der Waals surface area contributed by atoms with E-state index in [4.69, 9.17) is 5.11 Å². The van der Waals surface area contributed by atoms with Crippen molar-refractivity contribution in [2.75, 3.05) is 26.2 Å². The third kappa shape index (κ3) is 5.57. The first-order chi connectivity index (χ1) is 13.5. The van der Waals surface area contributed by atoms with Crippen molar-refractivity contribution in [1.82, 2.24) is 9.80 Å². The lowest BCUT2D eigenvalue weighted by Gasteiger charge is -2.38. The van der Waals surface area contributed by atoms with E-state index in [1.807, 2.05) is 40.1 Å². The third-order valence-electron chi connectivity index (χ3n) is 5.92. The van der Waals surface area contributed by atoms with Crippen molar-refractivity contribution in [2.24, 2.45) is 11.8 Å². The zero-order valence-electron chi connectivity index (χ0n) is 16.4. The van der Waals surface area contributed by atoms with Crippen molar-refractivity contribution < 1.29 is 19.5 Å². The van der Waals surface area contributed by atoms with Crippen LogP contribution >= 0.6 is 0 Å². The summed E-state index contributed by atoms with van der Waals surface area (Å²) in [6.07, 6.45) is 4.77. The van der Waals surface area contributed by atoms with Crippen LogP contribution in [0.4, 0.5) is 0 Å². The molecule has 0 radical (unpaired) electrons. The zero-order valence-corrected chi connectivity index (χ0v) is 16.4. The minimum absolute atomic E-state index is 0.0849. The lowest BCUT2D eigenvalue weighted by atomic mass is 9.90. The fourth-order valence-electron chi connectivity index (χ4n) is 4.37. The lowest BCUT2D eigenvalue weighted by Crippen LogP contribution is -2.49. The van der Waals surface area contributed by atoms with Crippen LogP contribution in [-0.2, 0) is 20.8 Å². The minimum atomic E-state index is -0.775. The Balaban J connectivity index is 1.53. The summed E-state index contributed by atoms with van der Waals surface area (Å²) in [7, 11) is 0. The Bertz CT molecular complexity index is 691. The van der Waals surface area contributed by atoms with Crippen LogP contribution in [0, 0.1) is 11.8 Å². The van der Waals surface area contributed by atoms with Crippen molar-refractivity contribution in [1.29, 1.82) is 0 Å². The van der Waals surface area contributed by atoms with Gasteiger partial charge in [0, 0.05) is 32.6 Å². The number of carboxylic acid groups (broad SMARTS) is 1. The number of aliphatic carboxylic acids is 1. The Kier molecular flexibility index (Phi) is 7.06. The van der Waals surface area contributed by atoms with Crippen LogP contribution in [0.15, 0.2) is 30.3 Å². The molecule has 1 N–H and O–H groups in total. The molecular weight excluding hydrogens is 356 g/mol. The van der Waals surface area contributed by atoms with E-state index in [-0.39, 0.29) is 30.1 Å². The first-order valence-electron chi connectivity index (χ1n) is 10.3. The number of amides is 2. The molecule has 1 aromatic carbocycles. The van der Waals surface area contributed by atoms with Crippen LogP contribution in [0.2, 0.25) is 0 Å². The first-order valence-corrected chi connectivity index (χ1v) is 10.3. The maximum absolute atomic E-state index is 13.0. The Morgan fingerprint density at radius 1 is 0.964 bits per heavy atom. The zero-order chi connectivity index (χ0) is 19.9. The van der Waals surface area contributed by atoms with Gasteiger partial charge >= 0.3 is 5.97 Å². The average Bonchev–Trinajstić information content (AvgIpc) is 2.72. The number of piperidine rings is 2. The fraction of sp³-hybridized carbons (Fsp3) is 0.591. The number of carboxylic acids is 1. The van der Waals surface area contributed by atoms with Gasteiger partial charge in [-0.3, -0.25) is 14.4 Å². The summed E-state index contributed by atoms with van der Waals surface area (Å²) >= 11 is 0. The van der Waals surface area contributed by atoms with E-state index >= 15 is 0 Å². The summed E-state index contributed by atoms with van der Waals surface area (Å²) in [5.74, 6) is -0.415. The number of nitrogens with zero attached hydrogens (tertiary/aromatic N) is 2. The van der Waals surface area contributed by atoms with E-state index in [9.17, 15) is 14.4 Å². The highest BCUT2D eigenvalue weighted by Gasteiger charge is 2.33. The molecule has 2 amide bonds. The van der Waals surface area contributed by atoms with Gasteiger partial charge < -0.3 is 14.9 Å². The van der Waals surface area contributed by atoms with Crippen molar-refractivity contribution in [3.63, 3.8) is 0 Å². The molecule has 2 aliphatic rings. The van der Waals surface area contributed by atoms with Gasteiger partial charge in [-0.2, -0.15) is 0 Å². The maximum atomic E-state index is 13.0. The molecule has 1 aromatic rings. The third-order valence-corrected chi connectivity index (χ3v) is 5.92. The topological polar surface area (TPSA) is 77.9 Å². The summed E-state index contributed by atoms with van der Waals surface area (Å²) in [5, 5.41) is 8.89. The van der Waals surface area contributed by atoms with Gasteiger partial charge in [-0.05, 0) is 43.6 Å². The smallest absolute Gasteiger partial charge is 0.303 e. The van der Waals surface area contributed by atoms with Gasteiger partial charge in [0.2, 0.25) is 11.8 Å². The molecule has 2 fully saturated rings. The van der Waals surface area contributed by atoms with Crippen LogP contribution in [0.3, 0.4) is 0 Å². The summed E-state index contributed by atoms with van der Waals surface area (Å²) in [6.45, 7) is 2.62. The van der Waals surface area contributed by atoms with Crippen LogP contribution in [0.25, 0.3) is 0 Å². The number of rotatable bonds is 6. The maximum Gasteiger partial charge on any atom is 0.303 e. The lowest BCUT2D eigenvalue weighted by molar-refractivity contribution is -0.142. The normalized spacial score (nSPS) is 22.7. The molecule has 6 nitrogen and oxygen atoms in total. The molecule has 2 unspecified atom stereocenters. The van der Waals surface area contributed by atoms with E-state index in [0.717, 1.165) is 44.3 Å². The second-order valence-electron chi connectivity index (χ2n) is 8.07. The Morgan fingerprint density at radius 3 is 2.43 bits per heavy atom. The molecule has 0 saturated carbocycles.